The molecule has 2 nitrogen and oxygen atoms in total. The maximum Gasteiger partial charge on any atom is 0.122 e. The van der Waals surface area contributed by atoms with Gasteiger partial charge in [0, 0.05) is 12.5 Å². The van der Waals surface area contributed by atoms with E-state index in [0.717, 1.165) is 11.3 Å². The summed E-state index contributed by atoms with van der Waals surface area (Å²) in [6.07, 6.45) is 2.53. The second-order valence-corrected chi connectivity index (χ2v) is 4.16. The van der Waals surface area contributed by atoms with Crippen LogP contribution in [0.3, 0.4) is 0 Å². The van der Waals surface area contributed by atoms with Gasteiger partial charge in [0.25, 0.3) is 0 Å². The van der Waals surface area contributed by atoms with E-state index in [1.54, 1.807) is 7.11 Å². The molecule has 81 valence electrons. The molecular weight excluding hydrogens is 188 g/mol. The first-order valence-corrected chi connectivity index (χ1v) is 5.38. The first kappa shape index (κ1) is 10.5. The Morgan fingerprint density at radius 1 is 1.53 bits per heavy atom. The van der Waals surface area contributed by atoms with E-state index in [1.807, 2.05) is 12.1 Å². The summed E-state index contributed by atoms with van der Waals surface area (Å²) in [5.41, 5.74) is 2.34. The molecule has 0 saturated heterocycles. The number of aliphatic hydroxyl groups is 1. The molecule has 15 heavy (non-hydrogen) atoms. The highest BCUT2D eigenvalue weighted by atomic mass is 16.5. The third-order valence-electron chi connectivity index (χ3n) is 2.97. The second kappa shape index (κ2) is 4.23. The highest BCUT2D eigenvalue weighted by Crippen LogP contribution is 2.44. The van der Waals surface area contributed by atoms with Gasteiger partial charge in [-0.3, -0.25) is 0 Å². The Labute approximate surface area is 90.9 Å². The Morgan fingerprint density at radius 2 is 2.27 bits per heavy atom. The lowest BCUT2D eigenvalue weighted by atomic mass is 9.98. The van der Waals surface area contributed by atoms with Gasteiger partial charge in [0.2, 0.25) is 0 Å². The summed E-state index contributed by atoms with van der Waals surface area (Å²) in [5.74, 6) is 1.57. The van der Waals surface area contributed by atoms with Crippen LogP contribution in [-0.2, 0) is 0 Å². The Bertz CT molecular complexity index is 342. The molecule has 1 aliphatic carbocycles. The third kappa shape index (κ3) is 2.15. The lowest BCUT2D eigenvalue weighted by Crippen LogP contribution is -2.00. The fourth-order valence-electron chi connectivity index (χ4n) is 1.82. The molecular formula is C13H17O2. The van der Waals surface area contributed by atoms with Gasteiger partial charge < -0.3 is 9.84 Å². The molecule has 1 aromatic carbocycles. The zero-order valence-corrected chi connectivity index (χ0v) is 9.07. The molecule has 1 N–H and O–H groups in total. The molecule has 1 atom stereocenters. The lowest BCUT2D eigenvalue weighted by Gasteiger charge is -2.13. The number of rotatable bonds is 4. The van der Waals surface area contributed by atoms with Crippen LogP contribution >= 0.6 is 0 Å². The van der Waals surface area contributed by atoms with Gasteiger partial charge >= 0.3 is 0 Å². The number of benzene rings is 1. The highest BCUT2D eigenvalue weighted by molar-refractivity contribution is 5.43. The van der Waals surface area contributed by atoms with Crippen LogP contribution in [0.2, 0.25) is 0 Å². The van der Waals surface area contributed by atoms with Crippen LogP contribution in [0, 0.1) is 6.92 Å². The Kier molecular flexibility index (Phi) is 2.96. The van der Waals surface area contributed by atoms with Crippen molar-refractivity contribution in [1.82, 2.24) is 0 Å². The van der Waals surface area contributed by atoms with Gasteiger partial charge in [-0.2, -0.15) is 0 Å². The van der Waals surface area contributed by atoms with Crippen molar-refractivity contribution in [2.75, 3.05) is 13.7 Å². The minimum Gasteiger partial charge on any atom is -0.496 e. The predicted molar refractivity (Wildman–Crippen MR) is 60.2 cm³/mol. The molecule has 0 heterocycles. The van der Waals surface area contributed by atoms with Gasteiger partial charge in [0.05, 0.1) is 7.11 Å². The number of methoxy groups -OCH3 is 1. The van der Waals surface area contributed by atoms with Crippen LogP contribution < -0.4 is 4.74 Å². The van der Waals surface area contributed by atoms with Crippen LogP contribution in [0.25, 0.3) is 0 Å². The molecule has 0 bridgehead atoms. The second-order valence-electron chi connectivity index (χ2n) is 4.16. The van der Waals surface area contributed by atoms with Crippen molar-refractivity contribution in [3.05, 3.63) is 36.2 Å². The van der Waals surface area contributed by atoms with E-state index in [4.69, 9.17) is 9.84 Å². The molecule has 1 fully saturated rings. The predicted octanol–water partition coefficient (Wildman–Crippen LogP) is 2.48. The van der Waals surface area contributed by atoms with Crippen LogP contribution in [0.4, 0.5) is 0 Å². The van der Waals surface area contributed by atoms with Crippen molar-refractivity contribution in [2.24, 2.45) is 0 Å². The smallest absolute Gasteiger partial charge is 0.122 e. The minimum atomic E-state index is -0.0628. The van der Waals surface area contributed by atoms with Gasteiger partial charge in [-0.1, -0.05) is 12.1 Å². The highest BCUT2D eigenvalue weighted by Gasteiger charge is 2.26. The van der Waals surface area contributed by atoms with Gasteiger partial charge in [-0.25, -0.2) is 0 Å². The van der Waals surface area contributed by atoms with Crippen molar-refractivity contribution >= 4 is 0 Å². The number of ether oxygens (including phenoxy) is 1. The number of hydrogen-bond acceptors (Lipinski definition) is 2. The van der Waals surface area contributed by atoms with E-state index < -0.39 is 0 Å². The monoisotopic (exact) mass is 205 g/mol. The molecule has 1 saturated carbocycles. The van der Waals surface area contributed by atoms with Crippen molar-refractivity contribution in [1.29, 1.82) is 0 Å². The molecule has 0 amide bonds. The largest absolute Gasteiger partial charge is 0.496 e. The van der Waals surface area contributed by atoms with Crippen LogP contribution in [0.1, 0.15) is 35.8 Å². The van der Waals surface area contributed by atoms with Crippen LogP contribution in [0.15, 0.2) is 18.2 Å². The van der Waals surface area contributed by atoms with E-state index >= 15 is 0 Å². The van der Waals surface area contributed by atoms with Crippen LogP contribution in [-0.4, -0.2) is 18.8 Å². The first-order valence-electron chi connectivity index (χ1n) is 5.38. The summed E-state index contributed by atoms with van der Waals surface area (Å²) in [4.78, 5) is 0. The normalized spacial score (nSPS) is 17.5. The third-order valence-corrected chi connectivity index (χ3v) is 2.97. The Morgan fingerprint density at radius 3 is 2.80 bits per heavy atom. The van der Waals surface area contributed by atoms with Crippen molar-refractivity contribution in [3.8, 4) is 5.75 Å². The fourth-order valence-corrected chi connectivity index (χ4v) is 1.82. The SMILES string of the molecule is [CH2]C(CO)c1ccc(C2CC2)c(OC)c1. The van der Waals surface area contributed by atoms with Gasteiger partial charge in [0.15, 0.2) is 0 Å². The maximum absolute atomic E-state index is 9.04. The van der Waals surface area contributed by atoms with Crippen molar-refractivity contribution in [3.63, 3.8) is 0 Å². The van der Waals surface area contributed by atoms with E-state index in [-0.39, 0.29) is 12.5 Å². The zero-order chi connectivity index (χ0) is 10.8. The molecule has 1 aromatic rings. The molecule has 1 aliphatic rings. The first-order chi connectivity index (χ1) is 7.26. The summed E-state index contributed by atoms with van der Waals surface area (Å²) >= 11 is 0. The molecule has 2 rings (SSSR count). The van der Waals surface area contributed by atoms with E-state index in [9.17, 15) is 0 Å². The minimum absolute atomic E-state index is 0.0628. The number of hydrogen-bond donors (Lipinski definition) is 1. The Balaban J connectivity index is 2.29. The fraction of sp³-hybridized carbons (Fsp3) is 0.462. The average molecular weight is 205 g/mol. The summed E-state index contributed by atoms with van der Waals surface area (Å²) in [6.45, 7) is 3.96. The molecule has 0 aliphatic heterocycles. The number of aliphatic hydroxyl groups excluding tert-OH is 1. The van der Waals surface area contributed by atoms with E-state index in [2.05, 4.69) is 13.0 Å². The molecule has 0 aromatic heterocycles. The molecule has 2 heteroatoms. The van der Waals surface area contributed by atoms with Gasteiger partial charge in [0.1, 0.15) is 5.75 Å². The van der Waals surface area contributed by atoms with Gasteiger partial charge in [-0.05, 0) is 42.9 Å². The summed E-state index contributed by atoms with van der Waals surface area (Å²) in [7, 11) is 1.70. The quantitative estimate of drug-likeness (QED) is 0.818. The summed E-state index contributed by atoms with van der Waals surface area (Å²) in [5, 5.41) is 9.04. The summed E-state index contributed by atoms with van der Waals surface area (Å²) < 4.78 is 5.37. The van der Waals surface area contributed by atoms with E-state index in [1.165, 1.54) is 18.4 Å². The standard InChI is InChI=1S/C13H17O2/c1-9(8-14)11-5-6-12(10-3-4-10)13(7-11)15-2/h5-7,9-10,14H,1,3-4,8H2,2H3. The lowest BCUT2D eigenvalue weighted by molar-refractivity contribution is 0.282. The summed E-state index contributed by atoms with van der Waals surface area (Å²) in [6, 6.07) is 6.16. The van der Waals surface area contributed by atoms with E-state index in [0.29, 0.717) is 5.92 Å². The maximum atomic E-state index is 9.04. The average Bonchev–Trinajstić information content (AvgIpc) is 3.11. The van der Waals surface area contributed by atoms with Crippen molar-refractivity contribution < 1.29 is 9.84 Å². The molecule has 1 unspecified atom stereocenters. The Hall–Kier alpha value is -1.02. The molecule has 1 radical (unpaired) electrons. The topological polar surface area (TPSA) is 29.5 Å². The van der Waals surface area contributed by atoms with Crippen LogP contribution in [0.5, 0.6) is 5.75 Å². The van der Waals surface area contributed by atoms with Crippen molar-refractivity contribution in [2.45, 2.75) is 24.7 Å². The zero-order valence-electron chi connectivity index (χ0n) is 9.07. The molecule has 0 spiro atoms. The van der Waals surface area contributed by atoms with Gasteiger partial charge in [-0.15, -0.1) is 0 Å².